The van der Waals surface area contributed by atoms with E-state index in [4.69, 9.17) is 11.6 Å². The zero-order valence-electron chi connectivity index (χ0n) is 10.3. The van der Waals surface area contributed by atoms with Crippen LogP contribution in [0.15, 0.2) is 17.9 Å². The molecule has 6 nitrogen and oxygen atoms in total. The van der Waals surface area contributed by atoms with E-state index in [1.54, 1.807) is 23.9 Å². The molecule has 3 aromatic heterocycles. The normalized spacial score (nSPS) is 11.9. The van der Waals surface area contributed by atoms with Gasteiger partial charge in [0.25, 0.3) is 0 Å². The lowest BCUT2D eigenvalue weighted by Crippen LogP contribution is -2.28. The molecule has 0 aliphatic heterocycles. The second-order valence-corrected chi connectivity index (χ2v) is 5.76. The van der Waals surface area contributed by atoms with E-state index in [0.29, 0.717) is 11.5 Å². The summed E-state index contributed by atoms with van der Waals surface area (Å²) in [5, 5.41) is 6.41. The highest BCUT2D eigenvalue weighted by Crippen LogP contribution is 2.29. The zero-order valence-corrected chi connectivity index (χ0v) is 11.9. The van der Waals surface area contributed by atoms with Crippen molar-refractivity contribution in [1.29, 1.82) is 0 Å². The van der Waals surface area contributed by atoms with Crippen LogP contribution in [0.25, 0.3) is 11.2 Å². The van der Waals surface area contributed by atoms with Gasteiger partial charge in [-0.25, -0.2) is 9.97 Å². The predicted molar refractivity (Wildman–Crippen MR) is 75.5 cm³/mol. The van der Waals surface area contributed by atoms with E-state index >= 15 is 0 Å². The fourth-order valence-electron chi connectivity index (χ4n) is 1.78. The van der Waals surface area contributed by atoms with Gasteiger partial charge in [0.15, 0.2) is 11.5 Å². The van der Waals surface area contributed by atoms with E-state index in [9.17, 15) is 0 Å². The number of rotatable bonds is 3. The fourth-order valence-corrected chi connectivity index (χ4v) is 2.66. The van der Waals surface area contributed by atoms with Crippen molar-refractivity contribution in [2.45, 2.75) is 19.4 Å². The number of aromatic nitrogens is 5. The Bertz CT molecular complexity index is 705. The number of nitrogens with zero attached hydrogens (tertiary/aromatic N) is 4. The summed E-state index contributed by atoms with van der Waals surface area (Å²) in [6.07, 6.45) is 3.35. The molecule has 0 radical (unpaired) electrons. The first-order chi connectivity index (χ1) is 9.06. The third-order valence-electron chi connectivity index (χ3n) is 2.66. The van der Waals surface area contributed by atoms with E-state index in [1.807, 2.05) is 19.2 Å². The third kappa shape index (κ3) is 2.26. The van der Waals surface area contributed by atoms with E-state index in [2.05, 4.69) is 30.2 Å². The molecular formula is C11H11ClN6S. The quantitative estimate of drug-likeness (QED) is 0.726. The van der Waals surface area contributed by atoms with Crippen LogP contribution >= 0.6 is 22.9 Å². The molecular weight excluding hydrogens is 284 g/mol. The summed E-state index contributed by atoms with van der Waals surface area (Å²) in [5.41, 5.74) is 0.913. The van der Waals surface area contributed by atoms with Crippen molar-refractivity contribution in [3.63, 3.8) is 0 Å². The molecule has 0 amide bonds. The van der Waals surface area contributed by atoms with Gasteiger partial charge >= 0.3 is 0 Å². The van der Waals surface area contributed by atoms with Gasteiger partial charge in [0.2, 0.25) is 5.28 Å². The molecule has 0 aliphatic rings. The molecule has 0 aromatic carbocycles. The van der Waals surface area contributed by atoms with Crippen LogP contribution in [0.5, 0.6) is 0 Å². The maximum absolute atomic E-state index is 5.91. The minimum Gasteiger partial charge on any atom is -0.357 e. The highest BCUT2D eigenvalue weighted by atomic mass is 35.5. The van der Waals surface area contributed by atoms with Crippen molar-refractivity contribution < 1.29 is 0 Å². The molecule has 0 fully saturated rings. The van der Waals surface area contributed by atoms with E-state index in [-0.39, 0.29) is 10.8 Å². The van der Waals surface area contributed by atoms with Gasteiger partial charge in [0, 0.05) is 11.6 Å². The van der Waals surface area contributed by atoms with E-state index in [0.717, 1.165) is 10.5 Å². The maximum Gasteiger partial charge on any atom is 0.226 e. The summed E-state index contributed by atoms with van der Waals surface area (Å²) < 4.78 is 0. The Morgan fingerprint density at radius 1 is 1.32 bits per heavy atom. The van der Waals surface area contributed by atoms with Gasteiger partial charge in [0.1, 0.15) is 10.5 Å². The molecule has 3 rings (SSSR count). The molecule has 98 valence electrons. The van der Waals surface area contributed by atoms with Gasteiger partial charge in [-0.3, -0.25) is 0 Å². The van der Waals surface area contributed by atoms with Crippen LogP contribution in [0.3, 0.4) is 0 Å². The summed E-state index contributed by atoms with van der Waals surface area (Å²) in [6.45, 7) is 4.06. The lowest BCUT2D eigenvalue weighted by atomic mass is 10.1. The Balaban J connectivity index is 2.03. The van der Waals surface area contributed by atoms with E-state index in [1.165, 1.54) is 0 Å². The maximum atomic E-state index is 5.91. The van der Waals surface area contributed by atoms with Gasteiger partial charge in [-0.1, -0.05) is 0 Å². The number of aromatic amines is 1. The lowest BCUT2D eigenvalue weighted by molar-refractivity contribution is 0.601. The third-order valence-corrected chi connectivity index (χ3v) is 3.92. The lowest BCUT2D eigenvalue weighted by Gasteiger charge is -2.24. The van der Waals surface area contributed by atoms with Crippen molar-refractivity contribution in [3.8, 4) is 0 Å². The summed E-state index contributed by atoms with van der Waals surface area (Å²) in [4.78, 5) is 19.7. The van der Waals surface area contributed by atoms with Gasteiger partial charge < -0.3 is 10.3 Å². The SMILES string of the molecule is CC(C)(Nc1nc(Cl)nc2nc[nH]c12)c1nccs1. The smallest absolute Gasteiger partial charge is 0.226 e. The van der Waals surface area contributed by atoms with Crippen LogP contribution in [0.4, 0.5) is 5.82 Å². The van der Waals surface area contributed by atoms with Gasteiger partial charge in [0.05, 0.1) is 11.9 Å². The Kier molecular flexibility index (Phi) is 2.87. The second-order valence-electron chi connectivity index (χ2n) is 4.53. The number of halogens is 1. The molecule has 0 spiro atoms. The first-order valence-electron chi connectivity index (χ1n) is 5.61. The highest BCUT2D eigenvalue weighted by molar-refractivity contribution is 7.09. The number of imidazole rings is 1. The fraction of sp³-hybridized carbons (Fsp3) is 0.273. The van der Waals surface area contributed by atoms with Crippen LogP contribution in [0.1, 0.15) is 18.9 Å². The Hall–Kier alpha value is -1.73. The molecule has 0 bridgehead atoms. The second kappa shape index (κ2) is 4.43. The van der Waals surface area contributed by atoms with Crippen molar-refractivity contribution >= 4 is 39.9 Å². The van der Waals surface area contributed by atoms with Gasteiger partial charge in [-0.2, -0.15) is 9.97 Å². The van der Waals surface area contributed by atoms with Crippen molar-refractivity contribution in [2.24, 2.45) is 0 Å². The summed E-state index contributed by atoms with van der Waals surface area (Å²) in [5.74, 6) is 0.618. The molecule has 0 saturated heterocycles. The molecule has 3 aromatic rings. The molecule has 3 heterocycles. The number of anilines is 1. The Labute approximate surface area is 118 Å². The molecule has 8 heteroatoms. The first kappa shape index (κ1) is 12.3. The number of H-pyrrole nitrogens is 1. The number of fused-ring (bicyclic) bond motifs is 1. The highest BCUT2D eigenvalue weighted by Gasteiger charge is 2.25. The Morgan fingerprint density at radius 2 is 2.16 bits per heavy atom. The summed E-state index contributed by atoms with van der Waals surface area (Å²) >= 11 is 7.49. The summed E-state index contributed by atoms with van der Waals surface area (Å²) in [7, 11) is 0. The predicted octanol–water partition coefficient (Wildman–Crippen LogP) is 2.81. The molecule has 2 N–H and O–H groups in total. The molecule has 0 saturated carbocycles. The van der Waals surface area contributed by atoms with Crippen LogP contribution in [-0.4, -0.2) is 24.9 Å². The van der Waals surface area contributed by atoms with Crippen LogP contribution in [0.2, 0.25) is 5.28 Å². The molecule has 0 atom stereocenters. The molecule has 19 heavy (non-hydrogen) atoms. The van der Waals surface area contributed by atoms with Gasteiger partial charge in [-0.15, -0.1) is 11.3 Å². The minimum absolute atomic E-state index is 0.164. The first-order valence-corrected chi connectivity index (χ1v) is 6.87. The largest absolute Gasteiger partial charge is 0.357 e. The van der Waals surface area contributed by atoms with E-state index < -0.39 is 0 Å². The van der Waals surface area contributed by atoms with Gasteiger partial charge in [-0.05, 0) is 25.4 Å². The monoisotopic (exact) mass is 294 g/mol. The zero-order chi connectivity index (χ0) is 13.5. The topological polar surface area (TPSA) is 79.4 Å². The van der Waals surface area contributed by atoms with Crippen molar-refractivity contribution in [3.05, 3.63) is 28.2 Å². The van der Waals surface area contributed by atoms with Crippen LogP contribution in [0, 0.1) is 0 Å². The number of hydrogen-bond donors (Lipinski definition) is 2. The number of thiazole rings is 1. The Morgan fingerprint density at radius 3 is 2.89 bits per heavy atom. The van der Waals surface area contributed by atoms with Crippen LogP contribution in [-0.2, 0) is 5.54 Å². The number of nitrogens with one attached hydrogen (secondary N) is 2. The van der Waals surface area contributed by atoms with Crippen molar-refractivity contribution in [2.75, 3.05) is 5.32 Å². The average molecular weight is 295 g/mol. The molecule has 0 aliphatic carbocycles. The minimum atomic E-state index is -0.357. The average Bonchev–Trinajstić information content (AvgIpc) is 2.98. The standard InChI is InChI=1S/C11H11ClN6S/c1-11(2,9-13-3-4-19-9)18-8-6-7(15-5-14-6)16-10(12)17-8/h3-5H,1-2H3,(H2,14,15,16,17,18). The molecule has 0 unspecified atom stereocenters. The van der Waals surface area contributed by atoms with Crippen molar-refractivity contribution in [1.82, 2.24) is 24.9 Å². The summed E-state index contributed by atoms with van der Waals surface area (Å²) in [6, 6.07) is 0. The van der Waals surface area contributed by atoms with Crippen LogP contribution < -0.4 is 5.32 Å². The number of hydrogen-bond acceptors (Lipinski definition) is 6.